The van der Waals surface area contributed by atoms with Gasteiger partial charge in [0.15, 0.2) is 0 Å². The van der Waals surface area contributed by atoms with Crippen molar-refractivity contribution in [3.05, 3.63) is 0 Å². The summed E-state index contributed by atoms with van der Waals surface area (Å²) in [5.41, 5.74) is 0. The topological polar surface area (TPSA) is 12.0 Å². The average molecular weight is 201 g/mol. The fourth-order valence-corrected chi connectivity index (χ4v) is 1.99. The van der Waals surface area contributed by atoms with Crippen LogP contribution in [0.4, 0.5) is 0 Å². The molecule has 1 heteroatoms. The lowest BCUT2D eigenvalue weighted by Crippen LogP contribution is -2.40. The molecule has 14 heavy (non-hydrogen) atoms. The molecule has 2 unspecified atom stereocenters. The third-order valence-corrected chi connectivity index (χ3v) is 2.69. The van der Waals surface area contributed by atoms with Gasteiger partial charge in [-0.25, -0.2) is 0 Å². The molecule has 0 aromatic heterocycles. The Hall–Kier alpha value is -0.0400. The molecule has 0 radical (unpaired) electrons. The van der Waals surface area contributed by atoms with Crippen molar-refractivity contribution < 1.29 is 0 Å². The lowest BCUT2D eigenvalue weighted by Gasteiger charge is -2.31. The van der Waals surface area contributed by atoms with E-state index in [1.807, 2.05) is 27.7 Å². The minimum Gasteiger partial charge on any atom is -0.314 e. The Morgan fingerprint density at radius 1 is 1.00 bits per heavy atom. The van der Waals surface area contributed by atoms with Crippen LogP contribution in [0.25, 0.3) is 0 Å². The highest BCUT2D eigenvalue weighted by Crippen LogP contribution is 2.21. The van der Waals surface area contributed by atoms with Gasteiger partial charge in [-0.15, -0.1) is 0 Å². The van der Waals surface area contributed by atoms with E-state index in [9.17, 15) is 0 Å². The molecule has 2 atom stereocenters. The molecular weight excluding hydrogens is 170 g/mol. The normalized spacial score (nSPS) is 25.3. The predicted molar refractivity (Wildman–Crippen MR) is 67.8 cm³/mol. The van der Waals surface area contributed by atoms with E-state index in [1.165, 1.54) is 32.2 Å². The van der Waals surface area contributed by atoms with E-state index in [0.29, 0.717) is 0 Å². The highest BCUT2D eigenvalue weighted by Gasteiger charge is 2.20. The molecular formula is C13H31N. The van der Waals surface area contributed by atoms with Gasteiger partial charge in [0, 0.05) is 6.04 Å². The molecule has 1 saturated heterocycles. The summed E-state index contributed by atoms with van der Waals surface area (Å²) < 4.78 is 0. The van der Waals surface area contributed by atoms with Crippen LogP contribution in [0.2, 0.25) is 0 Å². The van der Waals surface area contributed by atoms with Crippen molar-refractivity contribution in [1.82, 2.24) is 5.32 Å². The zero-order valence-corrected chi connectivity index (χ0v) is 11.2. The standard InChI is InChI=1S/C9H19N.2C2H6/c1-3-8-6-5-7-10-9(8)4-2;2*1-2/h8-10H,3-7H2,1-2H3;2*1-2H3. The Morgan fingerprint density at radius 3 is 1.93 bits per heavy atom. The lowest BCUT2D eigenvalue weighted by atomic mass is 9.87. The van der Waals surface area contributed by atoms with Gasteiger partial charge in [0.1, 0.15) is 0 Å². The summed E-state index contributed by atoms with van der Waals surface area (Å²) in [5.74, 6) is 0.957. The van der Waals surface area contributed by atoms with E-state index in [-0.39, 0.29) is 0 Å². The second-order valence-electron chi connectivity index (χ2n) is 3.28. The quantitative estimate of drug-likeness (QED) is 0.705. The van der Waals surface area contributed by atoms with Gasteiger partial charge in [0.25, 0.3) is 0 Å². The first-order valence-electron chi connectivity index (χ1n) is 6.61. The maximum absolute atomic E-state index is 3.57. The van der Waals surface area contributed by atoms with E-state index in [0.717, 1.165) is 12.0 Å². The molecule has 0 bridgehead atoms. The molecule has 1 fully saturated rings. The fourth-order valence-electron chi connectivity index (χ4n) is 1.99. The molecule has 0 aliphatic carbocycles. The summed E-state index contributed by atoms with van der Waals surface area (Å²) in [6.07, 6.45) is 5.49. The molecule has 1 nitrogen and oxygen atoms in total. The monoisotopic (exact) mass is 201 g/mol. The number of hydrogen-bond acceptors (Lipinski definition) is 1. The molecule has 0 aromatic rings. The lowest BCUT2D eigenvalue weighted by molar-refractivity contribution is 0.267. The summed E-state index contributed by atoms with van der Waals surface area (Å²) in [6, 6.07) is 0.818. The van der Waals surface area contributed by atoms with Crippen LogP contribution in [0.3, 0.4) is 0 Å². The van der Waals surface area contributed by atoms with Crippen LogP contribution in [-0.4, -0.2) is 12.6 Å². The molecule has 88 valence electrons. The highest BCUT2D eigenvalue weighted by molar-refractivity contribution is 4.78. The van der Waals surface area contributed by atoms with Crippen molar-refractivity contribution in [2.45, 2.75) is 73.3 Å². The second-order valence-corrected chi connectivity index (χ2v) is 3.28. The molecule has 1 aliphatic heterocycles. The van der Waals surface area contributed by atoms with Crippen molar-refractivity contribution >= 4 is 0 Å². The van der Waals surface area contributed by atoms with Crippen molar-refractivity contribution in [2.75, 3.05) is 6.54 Å². The third-order valence-electron chi connectivity index (χ3n) is 2.69. The van der Waals surface area contributed by atoms with Crippen LogP contribution in [0, 0.1) is 5.92 Å². The Kier molecular flexibility index (Phi) is 15.2. The van der Waals surface area contributed by atoms with Gasteiger partial charge in [0.2, 0.25) is 0 Å². The maximum Gasteiger partial charge on any atom is 0.00926 e. The van der Waals surface area contributed by atoms with Gasteiger partial charge in [-0.3, -0.25) is 0 Å². The van der Waals surface area contributed by atoms with E-state index in [2.05, 4.69) is 19.2 Å². The van der Waals surface area contributed by atoms with E-state index >= 15 is 0 Å². The van der Waals surface area contributed by atoms with Gasteiger partial charge in [-0.2, -0.15) is 0 Å². The number of hydrogen-bond donors (Lipinski definition) is 1. The molecule has 1 rings (SSSR count). The van der Waals surface area contributed by atoms with Crippen molar-refractivity contribution in [3.8, 4) is 0 Å². The van der Waals surface area contributed by atoms with Crippen molar-refractivity contribution in [1.29, 1.82) is 0 Å². The Morgan fingerprint density at radius 2 is 1.57 bits per heavy atom. The Bertz CT molecular complexity index is 79.2. The summed E-state index contributed by atoms with van der Waals surface area (Å²) >= 11 is 0. The van der Waals surface area contributed by atoms with Crippen LogP contribution >= 0.6 is 0 Å². The first-order valence-corrected chi connectivity index (χ1v) is 6.61. The van der Waals surface area contributed by atoms with E-state index in [1.54, 1.807) is 0 Å². The number of rotatable bonds is 2. The van der Waals surface area contributed by atoms with E-state index < -0.39 is 0 Å². The second kappa shape index (κ2) is 13.0. The fraction of sp³-hybridized carbons (Fsp3) is 1.00. The number of nitrogens with one attached hydrogen (secondary N) is 1. The van der Waals surface area contributed by atoms with Gasteiger partial charge in [-0.05, 0) is 31.7 Å². The van der Waals surface area contributed by atoms with Crippen LogP contribution in [0.15, 0.2) is 0 Å². The maximum atomic E-state index is 3.57. The summed E-state index contributed by atoms with van der Waals surface area (Å²) in [5, 5.41) is 3.57. The molecule has 1 aliphatic rings. The SMILES string of the molecule is CC.CC.CCC1CCCNC1CC. The Labute approximate surface area is 91.7 Å². The third kappa shape index (κ3) is 6.42. The summed E-state index contributed by atoms with van der Waals surface area (Å²) in [7, 11) is 0. The van der Waals surface area contributed by atoms with Crippen LogP contribution < -0.4 is 5.32 Å². The largest absolute Gasteiger partial charge is 0.314 e. The minimum atomic E-state index is 0.818. The summed E-state index contributed by atoms with van der Waals surface area (Å²) in [4.78, 5) is 0. The molecule has 1 heterocycles. The molecule has 0 spiro atoms. The summed E-state index contributed by atoms with van der Waals surface area (Å²) in [6.45, 7) is 13.8. The zero-order chi connectivity index (χ0) is 11.4. The zero-order valence-electron chi connectivity index (χ0n) is 11.2. The van der Waals surface area contributed by atoms with Crippen LogP contribution in [0.5, 0.6) is 0 Å². The average Bonchev–Trinajstić information content (AvgIpc) is 2.34. The first kappa shape index (κ1) is 16.4. The van der Waals surface area contributed by atoms with Crippen molar-refractivity contribution in [2.24, 2.45) is 5.92 Å². The molecule has 0 amide bonds. The molecule has 0 aromatic carbocycles. The van der Waals surface area contributed by atoms with E-state index in [4.69, 9.17) is 0 Å². The van der Waals surface area contributed by atoms with Crippen molar-refractivity contribution in [3.63, 3.8) is 0 Å². The number of piperidine rings is 1. The minimum absolute atomic E-state index is 0.818. The smallest absolute Gasteiger partial charge is 0.00926 e. The highest BCUT2D eigenvalue weighted by atomic mass is 14.9. The predicted octanol–water partition coefficient (Wildman–Crippen LogP) is 4.23. The van der Waals surface area contributed by atoms with Gasteiger partial charge in [0.05, 0.1) is 0 Å². The molecule has 1 N–H and O–H groups in total. The first-order chi connectivity index (χ1) is 6.88. The van der Waals surface area contributed by atoms with Gasteiger partial charge < -0.3 is 5.32 Å². The van der Waals surface area contributed by atoms with Gasteiger partial charge in [-0.1, -0.05) is 48.0 Å². The van der Waals surface area contributed by atoms with Crippen LogP contribution in [-0.2, 0) is 0 Å². The Balaban J connectivity index is 0. The van der Waals surface area contributed by atoms with Crippen LogP contribution in [0.1, 0.15) is 67.2 Å². The molecule has 0 saturated carbocycles. The van der Waals surface area contributed by atoms with Gasteiger partial charge >= 0.3 is 0 Å².